The number of carboxylic acids is 1. The van der Waals surface area contributed by atoms with Gasteiger partial charge in [0.2, 0.25) is 0 Å². The second-order valence-electron chi connectivity index (χ2n) is 5.25. The number of carboxylic acid groups (broad SMARTS) is 1. The van der Waals surface area contributed by atoms with Crippen molar-refractivity contribution in [2.45, 2.75) is 32.8 Å². The molecule has 2 amide bonds. The van der Waals surface area contributed by atoms with Crippen LogP contribution in [0.3, 0.4) is 0 Å². The number of rotatable bonds is 8. The number of hydrogen-bond acceptors (Lipinski definition) is 5. The van der Waals surface area contributed by atoms with Crippen LogP contribution >= 0.6 is 0 Å². The van der Waals surface area contributed by atoms with Crippen LogP contribution in [0.5, 0.6) is 5.75 Å². The van der Waals surface area contributed by atoms with E-state index >= 15 is 0 Å². The van der Waals surface area contributed by atoms with Gasteiger partial charge in [-0.2, -0.15) is 0 Å². The van der Waals surface area contributed by atoms with Crippen molar-refractivity contribution in [2.24, 2.45) is 0 Å². The van der Waals surface area contributed by atoms with Gasteiger partial charge in [-0.3, -0.25) is 4.79 Å². The molecule has 0 heterocycles. The molecular weight excluding hydrogens is 316 g/mol. The second kappa shape index (κ2) is 9.39. The van der Waals surface area contributed by atoms with Crippen LogP contribution in [0.15, 0.2) is 18.2 Å². The molecule has 0 saturated carbocycles. The van der Waals surface area contributed by atoms with E-state index in [1.165, 1.54) is 13.2 Å². The molecule has 132 valence electrons. The molecule has 0 radical (unpaired) electrons. The monoisotopic (exact) mass is 338 g/mol. The fourth-order valence-electron chi connectivity index (χ4n) is 1.84. The van der Waals surface area contributed by atoms with E-state index in [0.717, 1.165) is 0 Å². The van der Waals surface area contributed by atoms with Crippen LogP contribution in [-0.4, -0.2) is 42.8 Å². The topological polar surface area (TPSA) is 114 Å². The SMILES string of the molecule is COC(=O)c1ccc(OC(C)C)c(NC(=O)NCCCC(=O)O)c1. The maximum Gasteiger partial charge on any atom is 0.337 e. The highest BCUT2D eigenvalue weighted by molar-refractivity contribution is 5.95. The Kier molecular flexibility index (Phi) is 7.54. The van der Waals surface area contributed by atoms with Gasteiger partial charge in [0.1, 0.15) is 5.75 Å². The zero-order valence-corrected chi connectivity index (χ0v) is 13.9. The number of methoxy groups -OCH3 is 1. The molecule has 8 heteroatoms. The van der Waals surface area contributed by atoms with Crippen LogP contribution in [0.4, 0.5) is 10.5 Å². The van der Waals surface area contributed by atoms with Gasteiger partial charge < -0.3 is 25.2 Å². The first-order valence-corrected chi connectivity index (χ1v) is 7.49. The molecule has 0 bridgehead atoms. The van der Waals surface area contributed by atoms with Crippen LogP contribution in [-0.2, 0) is 9.53 Å². The Bertz CT molecular complexity index is 600. The molecular formula is C16H22N2O6. The minimum absolute atomic E-state index is 0.0280. The largest absolute Gasteiger partial charge is 0.489 e. The number of benzene rings is 1. The summed E-state index contributed by atoms with van der Waals surface area (Å²) >= 11 is 0. The minimum atomic E-state index is -0.921. The Morgan fingerprint density at radius 1 is 1.25 bits per heavy atom. The molecule has 24 heavy (non-hydrogen) atoms. The number of esters is 1. The van der Waals surface area contributed by atoms with E-state index in [-0.39, 0.29) is 24.6 Å². The molecule has 1 aromatic carbocycles. The summed E-state index contributed by atoms with van der Waals surface area (Å²) in [6, 6.07) is 4.06. The first kappa shape index (κ1) is 19.3. The van der Waals surface area contributed by atoms with Crippen LogP contribution in [0, 0.1) is 0 Å². The number of aliphatic carboxylic acids is 1. The van der Waals surface area contributed by atoms with Gasteiger partial charge in [-0.05, 0) is 38.5 Å². The number of nitrogens with one attached hydrogen (secondary N) is 2. The smallest absolute Gasteiger partial charge is 0.337 e. The van der Waals surface area contributed by atoms with E-state index in [1.54, 1.807) is 12.1 Å². The molecule has 3 N–H and O–H groups in total. The lowest BCUT2D eigenvalue weighted by Crippen LogP contribution is -2.30. The van der Waals surface area contributed by atoms with E-state index in [0.29, 0.717) is 17.9 Å². The first-order valence-electron chi connectivity index (χ1n) is 7.49. The van der Waals surface area contributed by atoms with Gasteiger partial charge in [0.25, 0.3) is 0 Å². The maximum absolute atomic E-state index is 11.9. The molecule has 0 saturated heterocycles. The van der Waals surface area contributed by atoms with E-state index in [4.69, 9.17) is 9.84 Å². The van der Waals surface area contributed by atoms with Crippen molar-refractivity contribution in [3.05, 3.63) is 23.8 Å². The lowest BCUT2D eigenvalue weighted by Gasteiger charge is -2.16. The summed E-state index contributed by atoms with van der Waals surface area (Å²) in [5.41, 5.74) is 0.595. The summed E-state index contributed by atoms with van der Waals surface area (Å²) in [6.07, 6.45) is 0.174. The highest BCUT2D eigenvalue weighted by Crippen LogP contribution is 2.27. The highest BCUT2D eigenvalue weighted by Gasteiger charge is 2.14. The van der Waals surface area contributed by atoms with Crippen LogP contribution in [0.1, 0.15) is 37.0 Å². The van der Waals surface area contributed by atoms with Gasteiger partial charge in [-0.1, -0.05) is 0 Å². The third kappa shape index (κ3) is 6.55. The summed E-state index contributed by atoms with van der Waals surface area (Å²) in [7, 11) is 1.27. The van der Waals surface area contributed by atoms with E-state index in [1.807, 2.05) is 13.8 Å². The fourth-order valence-corrected chi connectivity index (χ4v) is 1.84. The zero-order chi connectivity index (χ0) is 18.1. The van der Waals surface area contributed by atoms with Crippen LogP contribution in [0.25, 0.3) is 0 Å². The molecule has 0 fully saturated rings. The van der Waals surface area contributed by atoms with Crippen molar-refractivity contribution in [1.29, 1.82) is 0 Å². The number of amides is 2. The van der Waals surface area contributed by atoms with Crippen molar-refractivity contribution in [1.82, 2.24) is 5.32 Å². The Labute approximate surface area is 140 Å². The highest BCUT2D eigenvalue weighted by atomic mass is 16.5. The number of hydrogen-bond donors (Lipinski definition) is 3. The average Bonchev–Trinajstić information content (AvgIpc) is 2.51. The van der Waals surface area contributed by atoms with Crippen molar-refractivity contribution in [3.8, 4) is 5.75 Å². The van der Waals surface area contributed by atoms with Gasteiger partial charge >= 0.3 is 18.0 Å². The van der Waals surface area contributed by atoms with Crippen molar-refractivity contribution < 1.29 is 29.0 Å². The van der Waals surface area contributed by atoms with E-state index in [2.05, 4.69) is 15.4 Å². The molecule has 0 aromatic heterocycles. The molecule has 0 unspecified atom stereocenters. The van der Waals surface area contributed by atoms with Crippen molar-refractivity contribution in [2.75, 3.05) is 19.0 Å². The number of carbonyl (C=O) groups excluding carboxylic acids is 2. The van der Waals surface area contributed by atoms with Crippen LogP contribution < -0.4 is 15.4 Å². The standard InChI is InChI=1S/C16H22N2O6/c1-10(2)24-13-7-6-11(15(21)23-3)9-12(13)18-16(22)17-8-4-5-14(19)20/h6-7,9-10H,4-5,8H2,1-3H3,(H,19,20)(H2,17,18,22). The van der Waals surface area contributed by atoms with Gasteiger partial charge in [-0.15, -0.1) is 0 Å². The Balaban J connectivity index is 2.79. The number of carbonyl (C=O) groups is 3. The predicted molar refractivity (Wildman–Crippen MR) is 87.4 cm³/mol. The van der Waals surface area contributed by atoms with E-state index in [9.17, 15) is 14.4 Å². The molecule has 0 atom stereocenters. The number of ether oxygens (including phenoxy) is 2. The molecule has 1 rings (SSSR count). The fraction of sp³-hybridized carbons (Fsp3) is 0.438. The Morgan fingerprint density at radius 3 is 2.54 bits per heavy atom. The maximum atomic E-state index is 11.9. The summed E-state index contributed by atoms with van der Waals surface area (Å²) < 4.78 is 10.3. The predicted octanol–water partition coefficient (Wildman–Crippen LogP) is 2.25. The molecule has 8 nitrogen and oxygen atoms in total. The quantitative estimate of drug-likeness (QED) is 0.495. The van der Waals surface area contributed by atoms with Crippen molar-refractivity contribution >= 4 is 23.7 Å². The van der Waals surface area contributed by atoms with E-state index < -0.39 is 18.0 Å². The average molecular weight is 338 g/mol. The summed E-state index contributed by atoms with van der Waals surface area (Å²) in [5.74, 6) is -1.04. The zero-order valence-electron chi connectivity index (χ0n) is 13.9. The summed E-state index contributed by atoms with van der Waals surface area (Å²) in [4.78, 5) is 33.9. The molecule has 0 spiro atoms. The third-order valence-electron chi connectivity index (χ3n) is 2.86. The summed E-state index contributed by atoms with van der Waals surface area (Å²) in [6.45, 7) is 3.89. The lowest BCUT2D eigenvalue weighted by atomic mass is 10.2. The number of urea groups is 1. The minimum Gasteiger partial charge on any atom is -0.489 e. The Hall–Kier alpha value is -2.77. The molecule has 0 aliphatic rings. The van der Waals surface area contributed by atoms with Crippen LogP contribution in [0.2, 0.25) is 0 Å². The van der Waals surface area contributed by atoms with Gasteiger partial charge in [0.05, 0.1) is 24.5 Å². The molecule has 1 aromatic rings. The van der Waals surface area contributed by atoms with Gasteiger partial charge in [-0.25, -0.2) is 9.59 Å². The normalized spacial score (nSPS) is 10.2. The Morgan fingerprint density at radius 2 is 1.96 bits per heavy atom. The molecule has 0 aliphatic carbocycles. The second-order valence-corrected chi connectivity index (χ2v) is 5.25. The number of anilines is 1. The third-order valence-corrected chi connectivity index (χ3v) is 2.86. The lowest BCUT2D eigenvalue weighted by molar-refractivity contribution is -0.137. The van der Waals surface area contributed by atoms with Gasteiger partial charge in [0.15, 0.2) is 0 Å². The van der Waals surface area contributed by atoms with Gasteiger partial charge in [0, 0.05) is 13.0 Å². The first-order chi connectivity index (χ1) is 11.3. The molecule has 0 aliphatic heterocycles. The van der Waals surface area contributed by atoms with Crippen molar-refractivity contribution in [3.63, 3.8) is 0 Å². The summed E-state index contributed by atoms with van der Waals surface area (Å²) in [5, 5.41) is 13.7.